The lowest BCUT2D eigenvalue weighted by atomic mass is 9.75. The smallest absolute Gasteiger partial charge is 0.289 e. The van der Waals surface area contributed by atoms with Gasteiger partial charge in [0.2, 0.25) is 6.41 Å². The number of hydrogen-bond acceptors (Lipinski definition) is 4. The van der Waals surface area contributed by atoms with Gasteiger partial charge in [-0.3, -0.25) is 10.2 Å². The molecule has 1 amide bonds. The fourth-order valence-electron chi connectivity index (χ4n) is 1.70. The molecule has 0 saturated carbocycles. The van der Waals surface area contributed by atoms with Gasteiger partial charge in [-0.2, -0.15) is 0 Å². The second kappa shape index (κ2) is 6.18. The Hall–Kier alpha value is -1.37. The summed E-state index contributed by atoms with van der Waals surface area (Å²) in [5, 5.41) is 9.30. The third-order valence-electron chi connectivity index (χ3n) is 2.77. The Balaban J connectivity index is 2.74. The highest BCUT2D eigenvalue weighted by Crippen LogP contribution is 2.45. The highest BCUT2D eigenvalue weighted by Gasteiger charge is 2.56. The summed E-state index contributed by atoms with van der Waals surface area (Å²) in [6, 6.07) is 0. The first-order valence-electron chi connectivity index (χ1n) is 5.52. The maximum atomic E-state index is 13.9. The van der Waals surface area contributed by atoms with Crippen molar-refractivity contribution in [3.05, 3.63) is 12.3 Å². The van der Waals surface area contributed by atoms with Gasteiger partial charge in [0.15, 0.2) is 6.23 Å². The van der Waals surface area contributed by atoms with E-state index in [0.717, 1.165) is 11.0 Å². The first-order valence-corrected chi connectivity index (χ1v) is 5.52. The number of carbonyl (C=O) groups excluding carboxylic acids is 1. The second-order valence-corrected chi connectivity index (χ2v) is 4.12. The molecule has 1 saturated heterocycles. The average molecular weight is 267 g/mol. The van der Waals surface area contributed by atoms with Crippen LogP contribution in [0.1, 0.15) is 0 Å². The average Bonchev–Trinajstić information content (AvgIpc) is 2.58. The van der Waals surface area contributed by atoms with Crippen LogP contribution in [-0.2, 0) is 9.53 Å². The molecular formula is C10H13B2F2N3O2. The lowest BCUT2D eigenvalue weighted by Gasteiger charge is -2.28. The van der Waals surface area contributed by atoms with Crippen LogP contribution in [0.5, 0.6) is 0 Å². The molecule has 0 bridgehead atoms. The summed E-state index contributed by atoms with van der Waals surface area (Å²) >= 11 is 0. The molecule has 3 atom stereocenters. The molecule has 2 N–H and O–H groups in total. The molecule has 9 heteroatoms. The van der Waals surface area contributed by atoms with Crippen LogP contribution in [0.2, 0.25) is 12.1 Å². The normalized spacial score (nSPS) is 29.3. The van der Waals surface area contributed by atoms with E-state index in [1.54, 1.807) is 0 Å². The van der Waals surface area contributed by atoms with Crippen molar-refractivity contribution in [2.45, 2.75) is 30.4 Å². The molecule has 1 rings (SSSR count). The molecule has 19 heavy (non-hydrogen) atoms. The first-order chi connectivity index (χ1) is 8.84. The van der Waals surface area contributed by atoms with E-state index < -0.39 is 24.1 Å². The topological polar surface area (TPSA) is 65.4 Å². The molecule has 2 unspecified atom stereocenters. The second-order valence-electron chi connectivity index (χ2n) is 4.12. The van der Waals surface area contributed by atoms with E-state index in [1.165, 1.54) is 13.2 Å². The minimum atomic E-state index is -3.26. The van der Waals surface area contributed by atoms with Gasteiger partial charge in [0.05, 0.1) is 21.8 Å². The highest BCUT2D eigenvalue weighted by atomic mass is 19.3. The number of carbonyl (C=O) groups is 1. The van der Waals surface area contributed by atoms with Gasteiger partial charge in [-0.1, -0.05) is 6.32 Å². The Morgan fingerprint density at radius 3 is 2.74 bits per heavy atom. The molecule has 1 aliphatic heterocycles. The van der Waals surface area contributed by atoms with Crippen LogP contribution < -0.4 is 5.32 Å². The lowest BCUT2D eigenvalue weighted by Crippen LogP contribution is -2.42. The number of ether oxygens (including phenoxy) is 1. The molecule has 100 valence electrons. The quantitative estimate of drug-likeness (QED) is 0.320. The van der Waals surface area contributed by atoms with Crippen molar-refractivity contribution < 1.29 is 18.3 Å². The summed E-state index contributed by atoms with van der Waals surface area (Å²) < 4.78 is 32.8. The number of alkyl halides is 2. The number of nitrogens with one attached hydrogen (secondary N) is 2. The Morgan fingerprint density at radius 2 is 2.26 bits per heavy atom. The van der Waals surface area contributed by atoms with E-state index in [-0.39, 0.29) is 12.2 Å². The van der Waals surface area contributed by atoms with Crippen molar-refractivity contribution >= 4 is 27.9 Å². The van der Waals surface area contributed by atoms with Crippen molar-refractivity contribution in [1.29, 1.82) is 5.41 Å². The molecule has 0 aromatic heterocycles. The number of amidine groups is 1. The Labute approximate surface area is 112 Å². The van der Waals surface area contributed by atoms with Crippen LogP contribution in [0.15, 0.2) is 12.3 Å². The molecule has 4 radical (unpaired) electrons. The van der Waals surface area contributed by atoms with Gasteiger partial charge in [-0.25, -0.2) is 8.78 Å². The Kier molecular flexibility index (Phi) is 5.11. The molecule has 1 fully saturated rings. The largest absolute Gasteiger partial charge is 0.351 e. The Morgan fingerprint density at radius 1 is 1.63 bits per heavy atom. The number of rotatable bonds is 5. The van der Waals surface area contributed by atoms with E-state index in [9.17, 15) is 13.6 Å². The Bertz CT molecular complexity index is 382. The number of nitrogens with zero attached hydrogens (tertiary/aromatic N) is 1. The molecule has 5 nitrogen and oxygen atoms in total. The van der Waals surface area contributed by atoms with E-state index in [4.69, 9.17) is 25.8 Å². The molecule has 1 aliphatic rings. The van der Waals surface area contributed by atoms with Gasteiger partial charge >= 0.3 is 0 Å². The van der Waals surface area contributed by atoms with Crippen molar-refractivity contribution in [2.75, 3.05) is 7.05 Å². The first kappa shape index (κ1) is 15.7. The maximum absolute atomic E-state index is 13.9. The fraction of sp³-hybridized carbons (Fsp3) is 0.600. The minimum Gasteiger partial charge on any atom is -0.351 e. The highest BCUT2D eigenvalue weighted by molar-refractivity contribution is 6.15. The van der Waals surface area contributed by atoms with Crippen LogP contribution in [0.4, 0.5) is 8.78 Å². The van der Waals surface area contributed by atoms with E-state index in [0.29, 0.717) is 6.41 Å². The molecular weight excluding hydrogens is 254 g/mol. The fourth-order valence-corrected chi connectivity index (χ4v) is 1.70. The standard InChI is InChI=1S/C10H13B2F2N3O2/c1-17(3-2-7(15)16-5-18)9-10(13,14)8(12)6(4-11)19-9/h2-3,5-6,8-9H,4H2,1H3,(H2,15,16,18)/b3-2-/t6?,8-,9?/m1/s1. The van der Waals surface area contributed by atoms with Crippen molar-refractivity contribution in [3.8, 4) is 0 Å². The zero-order valence-electron chi connectivity index (χ0n) is 10.3. The third-order valence-corrected chi connectivity index (χ3v) is 2.77. The monoisotopic (exact) mass is 267 g/mol. The molecule has 0 spiro atoms. The van der Waals surface area contributed by atoms with Crippen LogP contribution in [0, 0.1) is 5.41 Å². The number of hydrogen-bond donors (Lipinski definition) is 2. The van der Waals surface area contributed by atoms with Gasteiger partial charge in [0.25, 0.3) is 5.92 Å². The molecule has 0 aromatic rings. The minimum absolute atomic E-state index is 0.104. The van der Waals surface area contributed by atoms with Gasteiger partial charge in [-0.05, 0) is 6.08 Å². The van der Waals surface area contributed by atoms with Crippen molar-refractivity contribution in [2.24, 2.45) is 0 Å². The number of halogens is 2. The summed E-state index contributed by atoms with van der Waals surface area (Å²) in [6.07, 6.45) is 0.0684. The van der Waals surface area contributed by atoms with Crippen LogP contribution in [0.25, 0.3) is 0 Å². The predicted octanol–water partition coefficient (Wildman–Crippen LogP) is 0.0592. The lowest BCUT2D eigenvalue weighted by molar-refractivity contribution is -0.128. The van der Waals surface area contributed by atoms with Crippen LogP contribution in [0.3, 0.4) is 0 Å². The van der Waals surface area contributed by atoms with E-state index in [2.05, 4.69) is 5.32 Å². The molecule has 1 heterocycles. The molecule has 0 aliphatic carbocycles. The van der Waals surface area contributed by atoms with Crippen LogP contribution in [-0.4, -0.2) is 58.1 Å². The summed E-state index contributed by atoms with van der Waals surface area (Å²) in [5.41, 5.74) is 0. The van der Waals surface area contributed by atoms with Gasteiger partial charge in [-0.15, -0.1) is 0 Å². The van der Waals surface area contributed by atoms with Gasteiger partial charge in [0, 0.05) is 19.1 Å². The van der Waals surface area contributed by atoms with Crippen molar-refractivity contribution in [3.63, 3.8) is 0 Å². The molecule has 0 aromatic carbocycles. The summed E-state index contributed by atoms with van der Waals surface area (Å²) in [4.78, 5) is 11.1. The van der Waals surface area contributed by atoms with Gasteiger partial charge < -0.3 is 15.0 Å². The third kappa shape index (κ3) is 3.34. The van der Waals surface area contributed by atoms with Crippen LogP contribution >= 0.6 is 0 Å². The summed E-state index contributed by atoms with van der Waals surface area (Å²) in [6.45, 7) is 0. The zero-order chi connectivity index (χ0) is 14.6. The summed E-state index contributed by atoms with van der Waals surface area (Å²) in [5.74, 6) is -4.97. The SMILES string of the molecule is [B]CC1OC(N(C)/C=C\C(=N)NC=O)C(F)(F)[C@@H]1[B]. The maximum Gasteiger partial charge on any atom is 0.289 e. The van der Waals surface area contributed by atoms with E-state index in [1.807, 2.05) is 0 Å². The predicted molar refractivity (Wildman–Crippen MR) is 67.5 cm³/mol. The van der Waals surface area contributed by atoms with E-state index >= 15 is 0 Å². The summed E-state index contributed by atoms with van der Waals surface area (Å²) in [7, 11) is 12.1. The van der Waals surface area contributed by atoms with Crippen molar-refractivity contribution in [1.82, 2.24) is 10.2 Å². The zero-order valence-corrected chi connectivity index (χ0v) is 10.3. The number of amides is 1. The van der Waals surface area contributed by atoms with Gasteiger partial charge in [0.1, 0.15) is 5.84 Å².